The Morgan fingerprint density at radius 2 is 1.72 bits per heavy atom. The van der Waals surface area contributed by atoms with E-state index in [1.807, 2.05) is 19.9 Å². The number of nitrogens with one attached hydrogen (secondary N) is 2. The molecule has 25 heavy (non-hydrogen) atoms. The molecule has 6 nitrogen and oxygen atoms in total. The van der Waals surface area contributed by atoms with Gasteiger partial charge in [0.1, 0.15) is 5.75 Å². The van der Waals surface area contributed by atoms with E-state index in [0.29, 0.717) is 18.0 Å². The van der Waals surface area contributed by atoms with Crippen molar-refractivity contribution in [2.75, 3.05) is 18.4 Å². The molecule has 0 aliphatic rings. The van der Waals surface area contributed by atoms with Gasteiger partial charge in [0.2, 0.25) is 0 Å². The van der Waals surface area contributed by atoms with Crippen LogP contribution in [0.1, 0.15) is 28.4 Å². The van der Waals surface area contributed by atoms with Gasteiger partial charge in [0.05, 0.1) is 17.6 Å². The van der Waals surface area contributed by atoms with Crippen molar-refractivity contribution in [1.82, 2.24) is 5.32 Å². The maximum atomic E-state index is 12.7. The number of anilines is 1. The summed E-state index contributed by atoms with van der Waals surface area (Å²) >= 11 is 0. The number of methoxy groups -OCH3 is 1. The molecule has 2 rings (SSSR count). The molecule has 134 valence electrons. The van der Waals surface area contributed by atoms with Crippen molar-refractivity contribution in [3.05, 3.63) is 53.1 Å². The number of ether oxygens (including phenoxy) is 1. The summed E-state index contributed by atoms with van der Waals surface area (Å²) in [5.74, 6) is -0.0703. The quantitative estimate of drug-likeness (QED) is 0.827. The number of hydrogen-bond donors (Lipinski definition) is 2. The Kier molecular flexibility index (Phi) is 5.69. The standard InChI is InChI=1S/C18H22N2O4S/c1-5-19-18(21)16-11-15(6-7-17(16)24-4)25(22,23)20-14-9-12(2)8-13(3)10-14/h6-11,20H,5H2,1-4H3,(H,19,21). The lowest BCUT2D eigenvalue weighted by molar-refractivity contribution is 0.0952. The average molecular weight is 362 g/mol. The lowest BCUT2D eigenvalue weighted by Gasteiger charge is -2.13. The van der Waals surface area contributed by atoms with Crippen LogP contribution in [0.2, 0.25) is 0 Å². The number of sulfonamides is 1. The molecule has 0 radical (unpaired) electrons. The highest BCUT2D eigenvalue weighted by Gasteiger charge is 2.20. The fourth-order valence-electron chi connectivity index (χ4n) is 2.54. The van der Waals surface area contributed by atoms with Crippen LogP contribution in [0.5, 0.6) is 5.75 Å². The molecule has 2 N–H and O–H groups in total. The van der Waals surface area contributed by atoms with Gasteiger partial charge in [-0.15, -0.1) is 0 Å². The number of carbonyl (C=O) groups excluding carboxylic acids is 1. The number of rotatable bonds is 6. The van der Waals surface area contributed by atoms with Crippen LogP contribution >= 0.6 is 0 Å². The van der Waals surface area contributed by atoms with E-state index in [9.17, 15) is 13.2 Å². The highest BCUT2D eigenvalue weighted by molar-refractivity contribution is 7.92. The van der Waals surface area contributed by atoms with Gasteiger partial charge in [-0.25, -0.2) is 8.42 Å². The normalized spacial score (nSPS) is 11.0. The molecule has 7 heteroatoms. The molecule has 0 saturated carbocycles. The first kappa shape index (κ1) is 18.8. The van der Waals surface area contributed by atoms with Crippen LogP contribution in [0.15, 0.2) is 41.3 Å². The molecule has 0 bridgehead atoms. The minimum Gasteiger partial charge on any atom is -0.496 e. The van der Waals surface area contributed by atoms with Crippen LogP contribution in [0.25, 0.3) is 0 Å². The molecule has 0 unspecified atom stereocenters. The molecule has 2 aromatic rings. The van der Waals surface area contributed by atoms with E-state index < -0.39 is 10.0 Å². The molecule has 0 saturated heterocycles. The molecule has 0 aliphatic carbocycles. The van der Waals surface area contributed by atoms with Gasteiger partial charge in [0, 0.05) is 12.2 Å². The van der Waals surface area contributed by atoms with Gasteiger partial charge in [-0.1, -0.05) is 6.07 Å². The third kappa shape index (κ3) is 4.51. The van der Waals surface area contributed by atoms with Crippen molar-refractivity contribution in [3.63, 3.8) is 0 Å². The van der Waals surface area contributed by atoms with Crippen LogP contribution in [0.3, 0.4) is 0 Å². The Morgan fingerprint density at radius 3 is 2.28 bits per heavy atom. The summed E-state index contributed by atoms with van der Waals surface area (Å²) in [5, 5.41) is 2.65. The van der Waals surface area contributed by atoms with Crippen molar-refractivity contribution < 1.29 is 17.9 Å². The number of carbonyl (C=O) groups is 1. The van der Waals surface area contributed by atoms with Crippen LogP contribution in [0.4, 0.5) is 5.69 Å². The average Bonchev–Trinajstić information content (AvgIpc) is 2.53. The van der Waals surface area contributed by atoms with E-state index >= 15 is 0 Å². The predicted octanol–water partition coefficient (Wildman–Crippen LogP) is 2.86. The maximum absolute atomic E-state index is 12.7. The summed E-state index contributed by atoms with van der Waals surface area (Å²) < 4.78 is 33.1. The topological polar surface area (TPSA) is 84.5 Å². The Morgan fingerprint density at radius 1 is 1.08 bits per heavy atom. The second kappa shape index (κ2) is 7.57. The Balaban J connectivity index is 2.41. The largest absolute Gasteiger partial charge is 0.496 e. The summed E-state index contributed by atoms with van der Waals surface area (Å²) in [7, 11) is -2.40. The Bertz CT molecular complexity index is 872. The Labute approximate surface area is 148 Å². The number of hydrogen-bond acceptors (Lipinski definition) is 4. The SMILES string of the molecule is CCNC(=O)c1cc(S(=O)(=O)Nc2cc(C)cc(C)c2)ccc1OC. The first-order chi connectivity index (χ1) is 11.8. The van der Waals surface area contributed by atoms with Crippen molar-refractivity contribution >= 4 is 21.6 Å². The highest BCUT2D eigenvalue weighted by Crippen LogP contribution is 2.24. The van der Waals surface area contributed by atoms with Crippen molar-refractivity contribution in [2.24, 2.45) is 0 Å². The van der Waals surface area contributed by atoms with Crippen LogP contribution in [0, 0.1) is 13.8 Å². The molecule has 0 fully saturated rings. The molecule has 0 spiro atoms. The van der Waals surface area contributed by atoms with E-state index in [2.05, 4.69) is 10.0 Å². The fraction of sp³-hybridized carbons (Fsp3) is 0.278. The summed E-state index contributed by atoms with van der Waals surface area (Å²) in [6.45, 7) is 6.00. The maximum Gasteiger partial charge on any atom is 0.261 e. The van der Waals surface area contributed by atoms with Crippen LogP contribution < -0.4 is 14.8 Å². The molecule has 0 atom stereocenters. The van der Waals surface area contributed by atoms with Gasteiger partial charge in [-0.3, -0.25) is 9.52 Å². The zero-order valence-corrected chi connectivity index (χ0v) is 15.5. The smallest absolute Gasteiger partial charge is 0.261 e. The van der Waals surface area contributed by atoms with E-state index in [1.54, 1.807) is 19.1 Å². The highest BCUT2D eigenvalue weighted by atomic mass is 32.2. The number of amides is 1. The Hall–Kier alpha value is -2.54. The summed E-state index contributed by atoms with van der Waals surface area (Å²) in [5.41, 5.74) is 2.56. The van der Waals surface area contributed by atoms with Gasteiger partial charge in [-0.05, 0) is 62.2 Å². The molecular formula is C18H22N2O4S. The zero-order chi connectivity index (χ0) is 18.6. The van der Waals surface area contributed by atoms with Crippen molar-refractivity contribution in [3.8, 4) is 5.75 Å². The summed E-state index contributed by atoms with van der Waals surface area (Å²) in [4.78, 5) is 12.1. The summed E-state index contributed by atoms with van der Waals surface area (Å²) in [6.07, 6.45) is 0. The monoisotopic (exact) mass is 362 g/mol. The first-order valence-electron chi connectivity index (χ1n) is 7.84. The van der Waals surface area contributed by atoms with Gasteiger partial charge in [-0.2, -0.15) is 0 Å². The zero-order valence-electron chi connectivity index (χ0n) is 14.7. The third-order valence-corrected chi connectivity index (χ3v) is 4.92. The predicted molar refractivity (Wildman–Crippen MR) is 97.7 cm³/mol. The second-order valence-electron chi connectivity index (χ2n) is 5.70. The van der Waals surface area contributed by atoms with Crippen molar-refractivity contribution in [2.45, 2.75) is 25.7 Å². The second-order valence-corrected chi connectivity index (χ2v) is 7.39. The van der Waals surface area contributed by atoms with Crippen LogP contribution in [-0.4, -0.2) is 28.0 Å². The fourth-order valence-corrected chi connectivity index (χ4v) is 3.60. The minimum atomic E-state index is -3.83. The molecule has 2 aromatic carbocycles. The number of benzene rings is 2. The van der Waals surface area contributed by atoms with Gasteiger partial charge in [0.15, 0.2) is 0 Å². The van der Waals surface area contributed by atoms with Gasteiger partial charge in [0.25, 0.3) is 15.9 Å². The van der Waals surface area contributed by atoms with Crippen molar-refractivity contribution in [1.29, 1.82) is 0 Å². The van der Waals surface area contributed by atoms with Gasteiger partial charge >= 0.3 is 0 Å². The molecule has 0 aliphatic heterocycles. The first-order valence-corrected chi connectivity index (χ1v) is 9.32. The third-order valence-electron chi connectivity index (χ3n) is 3.54. The lowest BCUT2D eigenvalue weighted by Crippen LogP contribution is -2.24. The van der Waals surface area contributed by atoms with E-state index in [0.717, 1.165) is 11.1 Å². The van der Waals surface area contributed by atoms with E-state index in [1.165, 1.54) is 25.3 Å². The van der Waals surface area contributed by atoms with Gasteiger partial charge < -0.3 is 10.1 Å². The van der Waals surface area contributed by atoms with Crippen LogP contribution in [-0.2, 0) is 10.0 Å². The van der Waals surface area contributed by atoms with E-state index in [4.69, 9.17) is 4.74 Å². The molecule has 1 amide bonds. The van der Waals surface area contributed by atoms with E-state index in [-0.39, 0.29) is 16.4 Å². The lowest BCUT2D eigenvalue weighted by atomic mass is 10.1. The summed E-state index contributed by atoms with van der Waals surface area (Å²) in [6, 6.07) is 9.65. The molecular weight excluding hydrogens is 340 g/mol. The minimum absolute atomic E-state index is 0.00582. The molecule has 0 heterocycles. The number of aryl methyl sites for hydroxylation is 2. The molecule has 0 aromatic heterocycles.